The van der Waals surface area contributed by atoms with Crippen LogP contribution < -0.4 is 4.74 Å². The molecule has 2 fully saturated rings. The number of alkyl halides is 3. The molecule has 0 heterocycles. The minimum absolute atomic E-state index is 0.172. The summed E-state index contributed by atoms with van der Waals surface area (Å²) in [6, 6.07) is 6.05. The van der Waals surface area contributed by atoms with E-state index in [1.165, 1.54) is 76.3 Å². The third-order valence-electron chi connectivity index (χ3n) is 7.19. The Hall–Kier alpha value is -1.45. The van der Waals surface area contributed by atoms with Crippen LogP contribution in [0.3, 0.4) is 0 Å². The quantitative estimate of drug-likeness (QED) is 0.440. The smallest absolute Gasteiger partial charge is 0.406 e. The van der Waals surface area contributed by atoms with Crippen molar-refractivity contribution in [2.75, 3.05) is 0 Å². The summed E-state index contributed by atoms with van der Waals surface area (Å²) >= 11 is 0. The lowest BCUT2D eigenvalue weighted by Gasteiger charge is -2.37. The Labute approximate surface area is 173 Å². The summed E-state index contributed by atoms with van der Waals surface area (Å²) in [6.45, 7) is 2.34. The van der Waals surface area contributed by atoms with Crippen LogP contribution in [-0.4, -0.2) is 6.36 Å². The van der Waals surface area contributed by atoms with Crippen molar-refractivity contribution < 1.29 is 17.9 Å². The Morgan fingerprint density at radius 2 is 1.41 bits per heavy atom. The van der Waals surface area contributed by atoms with Gasteiger partial charge in [0.15, 0.2) is 0 Å². The molecule has 2 saturated carbocycles. The zero-order valence-corrected chi connectivity index (χ0v) is 17.6. The molecule has 0 bridgehead atoms. The molecule has 0 unspecified atom stereocenters. The Morgan fingerprint density at radius 1 is 0.862 bits per heavy atom. The number of ether oxygens (including phenoxy) is 1. The molecular weight excluding hydrogens is 373 g/mol. The monoisotopic (exact) mass is 408 g/mol. The van der Waals surface area contributed by atoms with E-state index in [0.29, 0.717) is 0 Å². The predicted octanol–water partition coefficient (Wildman–Crippen LogP) is 8.40. The highest BCUT2D eigenvalue weighted by atomic mass is 19.4. The lowest BCUT2D eigenvalue weighted by atomic mass is 9.68. The molecule has 2 aliphatic carbocycles. The first-order valence-electron chi connectivity index (χ1n) is 11.4. The van der Waals surface area contributed by atoms with E-state index in [0.717, 1.165) is 35.7 Å². The van der Waals surface area contributed by atoms with Crippen LogP contribution in [-0.2, 0) is 0 Å². The van der Waals surface area contributed by atoms with Gasteiger partial charge in [-0.25, -0.2) is 0 Å². The summed E-state index contributed by atoms with van der Waals surface area (Å²) in [7, 11) is 0. The summed E-state index contributed by atoms with van der Waals surface area (Å²) in [5.41, 5.74) is 0.908. The number of halogens is 3. The normalized spacial score (nSPS) is 28.6. The Bertz CT molecular complexity index is 618. The standard InChI is InChI=1S/C25H35F3O/c1-2-19-7-13-22(14-8-19)23-15-9-20(10-16-23)5-3-4-6-21-11-17-24(18-12-21)29-25(26,27)28/h4,6,11-12,17-20,22-23H,2-3,5,7-10,13-16H2,1H3. The topological polar surface area (TPSA) is 9.23 Å². The molecule has 2 aliphatic rings. The van der Waals surface area contributed by atoms with Crippen LogP contribution in [0.4, 0.5) is 13.2 Å². The molecule has 0 aromatic heterocycles. The molecule has 0 atom stereocenters. The van der Waals surface area contributed by atoms with Gasteiger partial charge in [0.25, 0.3) is 0 Å². The predicted molar refractivity (Wildman–Crippen MR) is 113 cm³/mol. The summed E-state index contributed by atoms with van der Waals surface area (Å²) in [5.74, 6) is 3.61. The lowest BCUT2D eigenvalue weighted by molar-refractivity contribution is -0.274. The van der Waals surface area contributed by atoms with Crippen molar-refractivity contribution in [1.29, 1.82) is 0 Å². The lowest BCUT2D eigenvalue weighted by Crippen LogP contribution is -2.25. The van der Waals surface area contributed by atoms with E-state index in [4.69, 9.17) is 0 Å². The van der Waals surface area contributed by atoms with E-state index in [1.54, 1.807) is 12.1 Å². The minimum Gasteiger partial charge on any atom is -0.406 e. The first-order valence-corrected chi connectivity index (χ1v) is 11.4. The van der Waals surface area contributed by atoms with Crippen molar-refractivity contribution in [2.45, 2.75) is 83.9 Å². The van der Waals surface area contributed by atoms with E-state index in [-0.39, 0.29) is 5.75 Å². The number of rotatable bonds is 7. The maximum atomic E-state index is 12.2. The van der Waals surface area contributed by atoms with Crippen molar-refractivity contribution in [3.63, 3.8) is 0 Å². The van der Waals surface area contributed by atoms with Crippen LogP contribution >= 0.6 is 0 Å². The molecule has 0 aliphatic heterocycles. The molecule has 4 heteroatoms. The molecule has 29 heavy (non-hydrogen) atoms. The van der Waals surface area contributed by atoms with Crippen LogP contribution in [0.15, 0.2) is 30.3 Å². The fraction of sp³-hybridized carbons (Fsp3) is 0.680. The second-order valence-corrected chi connectivity index (χ2v) is 9.07. The summed E-state index contributed by atoms with van der Waals surface area (Å²) < 4.78 is 40.5. The van der Waals surface area contributed by atoms with E-state index < -0.39 is 6.36 Å². The van der Waals surface area contributed by atoms with E-state index in [9.17, 15) is 13.2 Å². The van der Waals surface area contributed by atoms with Gasteiger partial charge in [-0.2, -0.15) is 0 Å². The van der Waals surface area contributed by atoms with E-state index in [2.05, 4.69) is 17.7 Å². The molecule has 162 valence electrons. The van der Waals surface area contributed by atoms with Crippen molar-refractivity contribution in [1.82, 2.24) is 0 Å². The molecule has 1 aromatic rings. The molecule has 0 N–H and O–H groups in total. The third-order valence-corrected chi connectivity index (χ3v) is 7.19. The molecule has 0 spiro atoms. The summed E-state index contributed by atoms with van der Waals surface area (Å²) in [4.78, 5) is 0. The Morgan fingerprint density at radius 3 is 1.93 bits per heavy atom. The van der Waals surface area contributed by atoms with Crippen LogP contribution in [0.5, 0.6) is 5.75 Å². The zero-order chi connectivity index (χ0) is 20.7. The van der Waals surface area contributed by atoms with Crippen LogP contribution in [0.1, 0.15) is 83.1 Å². The number of hydrogen-bond acceptors (Lipinski definition) is 1. The number of hydrogen-bond donors (Lipinski definition) is 0. The van der Waals surface area contributed by atoms with Gasteiger partial charge in [-0.1, -0.05) is 63.3 Å². The second kappa shape index (κ2) is 10.5. The second-order valence-electron chi connectivity index (χ2n) is 9.07. The molecule has 1 aromatic carbocycles. The number of benzene rings is 1. The molecule has 3 rings (SSSR count). The molecule has 1 nitrogen and oxygen atoms in total. The Kier molecular flexibility index (Phi) is 8.08. The average Bonchev–Trinajstić information content (AvgIpc) is 2.72. The Balaban J connectivity index is 1.33. The van der Waals surface area contributed by atoms with Crippen molar-refractivity contribution in [3.05, 3.63) is 35.9 Å². The molecule has 0 radical (unpaired) electrons. The maximum Gasteiger partial charge on any atom is 0.573 e. The van der Waals surface area contributed by atoms with Gasteiger partial charge in [0.2, 0.25) is 0 Å². The highest BCUT2D eigenvalue weighted by molar-refractivity contribution is 5.50. The fourth-order valence-electron chi connectivity index (χ4n) is 5.35. The minimum atomic E-state index is -4.63. The van der Waals surface area contributed by atoms with E-state index >= 15 is 0 Å². The third kappa shape index (κ3) is 7.38. The van der Waals surface area contributed by atoms with Gasteiger partial charge in [-0.3, -0.25) is 0 Å². The highest BCUT2D eigenvalue weighted by Gasteiger charge is 2.31. The van der Waals surface area contributed by atoms with Crippen LogP contribution in [0.25, 0.3) is 6.08 Å². The number of allylic oxidation sites excluding steroid dienone is 1. The van der Waals surface area contributed by atoms with E-state index in [1.807, 2.05) is 6.08 Å². The van der Waals surface area contributed by atoms with Gasteiger partial charge in [0.1, 0.15) is 5.75 Å². The fourth-order valence-corrected chi connectivity index (χ4v) is 5.35. The highest BCUT2D eigenvalue weighted by Crippen LogP contribution is 2.42. The van der Waals surface area contributed by atoms with Gasteiger partial charge < -0.3 is 4.74 Å². The van der Waals surface area contributed by atoms with Gasteiger partial charge >= 0.3 is 6.36 Å². The first kappa shape index (κ1) is 22.2. The average molecular weight is 409 g/mol. The van der Waals surface area contributed by atoms with Gasteiger partial charge in [0.05, 0.1) is 0 Å². The van der Waals surface area contributed by atoms with Gasteiger partial charge in [-0.05, 0) is 79.9 Å². The van der Waals surface area contributed by atoms with Crippen molar-refractivity contribution in [3.8, 4) is 5.75 Å². The largest absolute Gasteiger partial charge is 0.573 e. The zero-order valence-electron chi connectivity index (χ0n) is 17.6. The summed E-state index contributed by atoms with van der Waals surface area (Å²) in [6.07, 6.45) is 14.5. The van der Waals surface area contributed by atoms with Crippen LogP contribution in [0.2, 0.25) is 0 Å². The SMILES string of the molecule is CCC1CCC(C2CCC(CCC=Cc3ccc(OC(F)(F)F)cc3)CC2)CC1. The van der Waals surface area contributed by atoms with Crippen molar-refractivity contribution >= 4 is 6.08 Å². The van der Waals surface area contributed by atoms with Crippen LogP contribution in [0, 0.1) is 23.7 Å². The maximum absolute atomic E-state index is 12.2. The molecule has 0 saturated heterocycles. The van der Waals surface area contributed by atoms with Crippen molar-refractivity contribution in [2.24, 2.45) is 23.7 Å². The first-order chi connectivity index (χ1) is 13.9. The molecule has 0 amide bonds. The van der Waals surface area contributed by atoms with Gasteiger partial charge in [0, 0.05) is 0 Å². The van der Waals surface area contributed by atoms with Gasteiger partial charge in [-0.15, -0.1) is 13.2 Å². The summed E-state index contributed by atoms with van der Waals surface area (Å²) in [5, 5.41) is 0. The molecular formula is C25H35F3O.